The van der Waals surface area contributed by atoms with Crippen molar-refractivity contribution in [3.63, 3.8) is 0 Å². The number of carbonyl (C=O) groups excluding carboxylic acids is 1. The number of benzene rings is 1. The molecule has 0 atom stereocenters. The molecule has 15 heavy (non-hydrogen) atoms. The number of unbranched alkanes of at least 4 members (excludes halogenated alkanes) is 1. The van der Waals surface area contributed by atoms with Crippen molar-refractivity contribution in [2.45, 2.75) is 33.6 Å². The number of ether oxygens (including phenoxy) is 1. The average Bonchev–Trinajstić information content (AvgIpc) is 2.33. The Balaban J connectivity index is 0.000000921. The van der Waals surface area contributed by atoms with Crippen LogP contribution in [0.5, 0.6) is 0 Å². The van der Waals surface area contributed by atoms with Crippen molar-refractivity contribution in [1.29, 1.82) is 0 Å². The van der Waals surface area contributed by atoms with E-state index in [0.717, 1.165) is 12.8 Å². The van der Waals surface area contributed by atoms with E-state index >= 15 is 0 Å². The van der Waals surface area contributed by atoms with Gasteiger partial charge in [0.1, 0.15) is 0 Å². The first-order valence-corrected chi connectivity index (χ1v) is 5.56. The van der Waals surface area contributed by atoms with Crippen LogP contribution in [0.4, 0.5) is 0 Å². The van der Waals surface area contributed by atoms with E-state index in [1.165, 1.54) is 0 Å². The van der Waals surface area contributed by atoms with Crippen molar-refractivity contribution in [1.82, 2.24) is 0 Å². The number of esters is 1. The third-order valence-electron chi connectivity index (χ3n) is 1.74. The van der Waals surface area contributed by atoms with Gasteiger partial charge in [0.15, 0.2) is 0 Å². The number of hydrogen-bond donors (Lipinski definition) is 0. The van der Waals surface area contributed by atoms with Crippen LogP contribution in [0.3, 0.4) is 0 Å². The molecule has 0 heterocycles. The Morgan fingerprint density at radius 3 is 2.33 bits per heavy atom. The van der Waals surface area contributed by atoms with E-state index in [1.807, 2.05) is 32.0 Å². The van der Waals surface area contributed by atoms with Crippen molar-refractivity contribution >= 4 is 5.97 Å². The molecule has 0 radical (unpaired) electrons. The van der Waals surface area contributed by atoms with E-state index in [4.69, 9.17) is 4.74 Å². The molecule has 1 aromatic carbocycles. The maximum atomic E-state index is 11.3. The topological polar surface area (TPSA) is 26.3 Å². The summed E-state index contributed by atoms with van der Waals surface area (Å²) in [5.41, 5.74) is 0.624. The fourth-order valence-corrected chi connectivity index (χ4v) is 0.967. The van der Waals surface area contributed by atoms with Gasteiger partial charge in [0.25, 0.3) is 0 Å². The van der Waals surface area contributed by atoms with Gasteiger partial charge in [-0.2, -0.15) is 0 Å². The maximum Gasteiger partial charge on any atom is 0.338 e. The first-order chi connectivity index (χ1) is 7.34. The summed E-state index contributed by atoms with van der Waals surface area (Å²) in [5.74, 6) is -0.228. The van der Waals surface area contributed by atoms with E-state index in [-0.39, 0.29) is 5.97 Å². The zero-order valence-electron chi connectivity index (χ0n) is 9.82. The van der Waals surface area contributed by atoms with Gasteiger partial charge < -0.3 is 4.74 Å². The maximum absolute atomic E-state index is 11.3. The zero-order chi connectivity index (χ0) is 11.5. The van der Waals surface area contributed by atoms with Gasteiger partial charge in [-0.25, -0.2) is 4.79 Å². The third kappa shape index (κ3) is 5.89. The molecule has 0 unspecified atom stereocenters. The quantitative estimate of drug-likeness (QED) is 0.557. The molecule has 2 nitrogen and oxygen atoms in total. The Morgan fingerprint density at radius 1 is 1.20 bits per heavy atom. The summed E-state index contributed by atoms with van der Waals surface area (Å²) in [4.78, 5) is 11.3. The molecule has 0 N–H and O–H groups in total. The minimum atomic E-state index is -0.228. The van der Waals surface area contributed by atoms with Crippen LogP contribution in [0.1, 0.15) is 44.0 Å². The standard InChI is InChI=1S/C11H14O2.C2H6/c1-2-3-9-13-11(12)10-7-5-4-6-8-10;1-2/h4-8H,2-3,9H2,1H3;1-2H3. The molecule has 1 rings (SSSR count). The molecule has 0 aliphatic rings. The Hall–Kier alpha value is -1.31. The van der Waals surface area contributed by atoms with Crippen molar-refractivity contribution < 1.29 is 9.53 Å². The summed E-state index contributed by atoms with van der Waals surface area (Å²) >= 11 is 0. The monoisotopic (exact) mass is 208 g/mol. The summed E-state index contributed by atoms with van der Waals surface area (Å²) in [5, 5.41) is 0. The van der Waals surface area contributed by atoms with Crippen LogP contribution in [-0.4, -0.2) is 12.6 Å². The van der Waals surface area contributed by atoms with E-state index in [9.17, 15) is 4.79 Å². The van der Waals surface area contributed by atoms with Crippen molar-refractivity contribution in [2.24, 2.45) is 0 Å². The van der Waals surface area contributed by atoms with Gasteiger partial charge in [-0.3, -0.25) is 0 Å². The van der Waals surface area contributed by atoms with E-state index in [2.05, 4.69) is 6.92 Å². The zero-order valence-corrected chi connectivity index (χ0v) is 9.82. The summed E-state index contributed by atoms with van der Waals surface area (Å²) < 4.78 is 5.03. The fraction of sp³-hybridized carbons (Fsp3) is 0.462. The molecular weight excluding hydrogens is 188 g/mol. The summed E-state index contributed by atoms with van der Waals surface area (Å²) in [6, 6.07) is 9.05. The first kappa shape index (κ1) is 13.7. The van der Waals surface area contributed by atoms with Crippen LogP contribution in [0.15, 0.2) is 30.3 Å². The molecule has 1 aromatic rings. The van der Waals surface area contributed by atoms with Crippen LogP contribution in [0, 0.1) is 0 Å². The molecular formula is C13H20O2. The van der Waals surface area contributed by atoms with Gasteiger partial charge in [0.2, 0.25) is 0 Å². The lowest BCUT2D eigenvalue weighted by Gasteiger charge is -2.02. The number of hydrogen-bond acceptors (Lipinski definition) is 2. The van der Waals surface area contributed by atoms with Crippen molar-refractivity contribution in [3.05, 3.63) is 35.9 Å². The Bertz CT molecular complexity index is 254. The lowest BCUT2D eigenvalue weighted by molar-refractivity contribution is 0.0500. The molecule has 0 saturated carbocycles. The third-order valence-corrected chi connectivity index (χ3v) is 1.74. The fourth-order valence-electron chi connectivity index (χ4n) is 0.967. The van der Waals surface area contributed by atoms with Gasteiger partial charge in [-0.05, 0) is 18.6 Å². The molecule has 0 aromatic heterocycles. The van der Waals surface area contributed by atoms with E-state index < -0.39 is 0 Å². The molecule has 2 heteroatoms. The van der Waals surface area contributed by atoms with Crippen LogP contribution >= 0.6 is 0 Å². The van der Waals surface area contributed by atoms with Gasteiger partial charge in [-0.15, -0.1) is 0 Å². The molecule has 0 saturated heterocycles. The van der Waals surface area contributed by atoms with Gasteiger partial charge in [-0.1, -0.05) is 45.4 Å². The second-order valence-corrected chi connectivity index (χ2v) is 2.86. The predicted molar refractivity (Wildman–Crippen MR) is 63.0 cm³/mol. The van der Waals surface area contributed by atoms with E-state index in [0.29, 0.717) is 12.2 Å². The van der Waals surface area contributed by atoms with E-state index in [1.54, 1.807) is 12.1 Å². The largest absolute Gasteiger partial charge is 0.462 e. The molecule has 0 bridgehead atoms. The molecule has 0 fully saturated rings. The van der Waals surface area contributed by atoms with Gasteiger partial charge in [0, 0.05) is 0 Å². The van der Waals surface area contributed by atoms with Crippen molar-refractivity contribution in [3.8, 4) is 0 Å². The average molecular weight is 208 g/mol. The van der Waals surface area contributed by atoms with Crippen LogP contribution in [0.2, 0.25) is 0 Å². The second-order valence-electron chi connectivity index (χ2n) is 2.86. The van der Waals surface area contributed by atoms with Gasteiger partial charge in [0.05, 0.1) is 12.2 Å². The Labute approximate surface area is 92.3 Å². The lowest BCUT2D eigenvalue weighted by Crippen LogP contribution is -2.05. The van der Waals surface area contributed by atoms with Crippen LogP contribution in [0.25, 0.3) is 0 Å². The van der Waals surface area contributed by atoms with Crippen LogP contribution in [-0.2, 0) is 4.74 Å². The smallest absolute Gasteiger partial charge is 0.338 e. The normalized spacial score (nSPS) is 8.73. The highest BCUT2D eigenvalue weighted by Gasteiger charge is 2.03. The minimum absolute atomic E-state index is 0.228. The van der Waals surface area contributed by atoms with Gasteiger partial charge >= 0.3 is 5.97 Å². The summed E-state index contributed by atoms with van der Waals surface area (Å²) in [6.07, 6.45) is 1.97. The SMILES string of the molecule is CC.CCCCOC(=O)c1ccccc1. The Kier molecular flexibility index (Phi) is 8.44. The lowest BCUT2D eigenvalue weighted by atomic mass is 10.2. The minimum Gasteiger partial charge on any atom is -0.462 e. The number of carbonyl (C=O) groups is 1. The predicted octanol–water partition coefficient (Wildman–Crippen LogP) is 3.67. The second kappa shape index (κ2) is 9.25. The highest BCUT2D eigenvalue weighted by atomic mass is 16.5. The Morgan fingerprint density at radius 2 is 1.80 bits per heavy atom. The molecule has 0 aliphatic carbocycles. The summed E-state index contributed by atoms with van der Waals surface area (Å²) in [7, 11) is 0. The van der Waals surface area contributed by atoms with Crippen molar-refractivity contribution in [2.75, 3.05) is 6.61 Å². The number of rotatable bonds is 4. The summed E-state index contributed by atoms with van der Waals surface area (Å²) in [6.45, 7) is 6.58. The highest BCUT2D eigenvalue weighted by Crippen LogP contribution is 2.01. The highest BCUT2D eigenvalue weighted by molar-refractivity contribution is 5.89. The van der Waals surface area contributed by atoms with Crippen LogP contribution < -0.4 is 0 Å². The molecule has 0 aliphatic heterocycles. The molecule has 84 valence electrons. The molecule has 0 amide bonds. The molecule has 0 spiro atoms. The first-order valence-electron chi connectivity index (χ1n) is 5.56.